The third-order valence-electron chi connectivity index (χ3n) is 4.97. The van der Waals surface area contributed by atoms with E-state index in [1.54, 1.807) is 66.7 Å². The molecule has 0 saturated heterocycles. The second kappa shape index (κ2) is 11.2. The Kier molecular flexibility index (Phi) is 8.31. The van der Waals surface area contributed by atoms with Crippen molar-refractivity contribution in [3.8, 4) is 5.75 Å². The molecule has 1 N–H and O–H groups in total. The molecule has 0 unspecified atom stereocenters. The molecule has 0 radical (unpaired) electrons. The summed E-state index contributed by atoms with van der Waals surface area (Å²) >= 11 is 6.03. The molecule has 0 bridgehead atoms. The van der Waals surface area contributed by atoms with Crippen molar-refractivity contribution < 1.29 is 22.7 Å². The van der Waals surface area contributed by atoms with Gasteiger partial charge >= 0.3 is 0 Å². The Morgan fingerprint density at radius 2 is 1.68 bits per heavy atom. The van der Waals surface area contributed by atoms with Crippen LogP contribution < -0.4 is 14.4 Å². The van der Waals surface area contributed by atoms with Gasteiger partial charge in [0.05, 0.1) is 30.1 Å². The van der Waals surface area contributed by atoms with Gasteiger partial charge in [-0.05, 0) is 48.9 Å². The summed E-state index contributed by atoms with van der Waals surface area (Å²) in [4.78, 5) is 24.1. The quantitative estimate of drug-likeness (QED) is 0.330. The normalized spacial score (nSPS) is 11.0. The van der Waals surface area contributed by atoms with Crippen LogP contribution in [0.25, 0.3) is 0 Å². The third-order valence-corrected chi connectivity index (χ3v) is 6.42. The number of hydrogen-bond acceptors (Lipinski definition) is 5. The number of Topliss-reactive ketones (excluding diaryl/α,β-unsaturated/α-hetero) is 1. The molecule has 7 nitrogen and oxygen atoms in total. The summed E-state index contributed by atoms with van der Waals surface area (Å²) < 4.78 is 31.6. The largest absolute Gasteiger partial charge is 0.490 e. The van der Waals surface area contributed by atoms with Gasteiger partial charge < -0.3 is 10.1 Å². The summed E-state index contributed by atoms with van der Waals surface area (Å²) in [6.45, 7) is 2.04. The molecule has 178 valence electrons. The van der Waals surface area contributed by atoms with Crippen LogP contribution in [0.4, 0.5) is 5.69 Å². The topological polar surface area (TPSA) is 92.8 Å². The number of benzene rings is 3. The lowest BCUT2D eigenvalue weighted by molar-refractivity contribution is 0.0946. The molecule has 9 heteroatoms. The summed E-state index contributed by atoms with van der Waals surface area (Å²) in [5.74, 6) is 0.124. The monoisotopic (exact) mass is 500 g/mol. The smallest absolute Gasteiger partial charge is 0.251 e. The van der Waals surface area contributed by atoms with Crippen molar-refractivity contribution in [2.24, 2.45) is 0 Å². The van der Waals surface area contributed by atoms with Crippen LogP contribution in [0.1, 0.15) is 33.2 Å². The molecule has 0 atom stereocenters. The molecule has 0 aliphatic rings. The predicted molar refractivity (Wildman–Crippen MR) is 133 cm³/mol. The number of halogens is 1. The number of sulfonamides is 1. The molecule has 3 aromatic carbocycles. The van der Waals surface area contributed by atoms with Crippen molar-refractivity contribution in [2.75, 3.05) is 23.7 Å². The van der Waals surface area contributed by atoms with Crippen LogP contribution in [0.3, 0.4) is 0 Å². The molecular weight excluding hydrogens is 476 g/mol. The number of amides is 1. The molecule has 1 amide bonds. The summed E-state index contributed by atoms with van der Waals surface area (Å²) in [6, 6.07) is 20.2. The molecule has 0 aromatic heterocycles. The number of anilines is 1. The molecule has 0 saturated carbocycles. The number of carbonyl (C=O) groups is 2. The Hall–Kier alpha value is -3.36. The third kappa shape index (κ3) is 6.82. The summed E-state index contributed by atoms with van der Waals surface area (Å²) in [5, 5.41) is 3.27. The number of ketones is 1. The number of ether oxygens (including phenoxy) is 1. The van der Waals surface area contributed by atoms with E-state index >= 15 is 0 Å². The Morgan fingerprint density at radius 3 is 2.32 bits per heavy atom. The van der Waals surface area contributed by atoms with E-state index in [2.05, 4.69) is 5.32 Å². The van der Waals surface area contributed by atoms with Crippen molar-refractivity contribution in [3.05, 3.63) is 94.5 Å². The minimum Gasteiger partial charge on any atom is -0.490 e. The second-order valence-electron chi connectivity index (χ2n) is 7.61. The van der Waals surface area contributed by atoms with Gasteiger partial charge in [-0.1, -0.05) is 48.0 Å². The number of nitrogens with zero attached hydrogens (tertiary/aromatic N) is 1. The van der Waals surface area contributed by atoms with E-state index in [4.69, 9.17) is 16.3 Å². The van der Waals surface area contributed by atoms with Crippen molar-refractivity contribution in [1.82, 2.24) is 5.32 Å². The number of para-hydroxylation sites is 1. The van der Waals surface area contributed by atoms with Crippen LogP contribution in [-0.4, -0.2) is 39.5 Å². The van der Waals surface area contributed by atoms with E-state index in [-0.39, 0.29) is 24.8 Å². The van der Waals surface area contributed by atoms with Gasteiger partial charge in [-0.3, -0.25) is 13.9 Å². The number of nitrogens with one attached hydrogen (secondary N) is 1. The fraction of sp³-hybridized carbons (Fsp3) is 0.200. The maximum absolute atomic E-state index is 12.4. The van der Waals surface area contributed by atoms with Crippen LogP contribution >= 0.6 is 11.6 Å². The van der Waals surface area contributed by atoms with Crippen molar-refractivity contribution in [2.45, 2.75) is 13.5 Å². The maximum atomic E-state index is 12.4. The first-order valence-electron chi connectivity index (χ1n) is 10.5. The Labute approximate surface area is 204 Å². The molecule has 0 aliphatic heterocycles. The highest BCUT2D eigenvalue weighted by molar-refractivity contribution is 7.92. The standard InChI is InChI=1S/C25H25ClN2O5S/c1-18(29)21-6-5-7-22(16-21)28(34(2,31)32)17-19-10-12-20(13-11-19)25(30)27-14-15-33-24-9-4-3-8-23(24)26/h3-13,16H,14-15,17H2,1-2H3,(H,27,30). The van der Waals surface area contributed by atoms with Gasteiger partial charge in [0.25, 0.3) is 5.91 Å². The molecule has 0 heterocycles. The van der Waals surface area contributed by atoms with Gasteiger partial charge in [0.1, 0.15) is 12.4 Å². The van der Waals surface area contributed by atoms with E-state index in [1.165, 1.54) is 11.2 Å². The van der Waals surface area contributed by atoms with Gasteiger partial charge in [-0.25, -0.2) is 8.42 Å². The lowest BCUT2D eigenvalue weighted by Gasteiger charge is -2.23. The Balaban J connectivity index is 1.62. The number of hydrogen-bond donors (Lipinski definition) is 1. The van der Waals surface area contributed by atoms with Crippen LogP contribution in [0.5, 0.6) is 5.75 Å². The summed E-state index contributed by atoms with van der Waals surface area (Å²) in [7, 11) is -3.61. The fourth-order valence-electron chi connectivity index (χ4n) is 3.20. The summed E-state index contributed by atoms with van der Waals surface area (Å²) in [5.41, 5.74) is 1.95. The van der Waals surface area contributed by atoms with E-state index in [0.717, 1.165) is 6.26 Å². The zero-order valence-corrected chi connectivity index (χ0v) is 20.4. The van der Waals surface area contributed by atoms with Gasteiger partial charge in [-0.15, -0.1) is 0 Å². The van der Waals surface area contributed by atoms with Crippen LogP contribution in [0.2, 0.25) is 5.02 Å². The maximum Gasteiger partial charge on any atom is 0.251 e. The van der Waals surface area contributed by atoms with Crippen LogP contribution in [-0.2, 0) is 16.6 Å². The first kappa shape index (κ1) is 25.3. The highest BCUT2D eigenvalue weighted by atomic mass is 35.5. The van der Waals surface area contributed by atoms with Gasteiger partial charge in [0, 0.05) is 11.1 Å². The minimum atomic E-state index is -3.61. The number of carbonyl (C=O) groups excluding carboxylic acids is 2. The lowest BCUT2D eigenvalue weighted by atomic mass is 10.1. The Morgan fingerprint density at radius 1 is 0.971 bits per heavy atom. The van der Waals surface area contributed by atoms with Crippen molar-refractivity contribution in [3.63, 3.8) is 0 Å². The lowest BCUT2D eigenvalue weighted by Crippen LogP contribution is -2.30. The van der Waals surface area contributed by atoms with E-state index < -0.39 is 10.0 Å². The van der Waals surface area contributed by atoms with Crippen molar-refractivity contribution in [1.29, 1.82) is 0 Å². The van der Waals surface area contributed by atoms with Crippen molar-refractivity contribution >= 4 is 39.0 Å². The molecule has 3 aromatic rings. The highest BCUT2D eigenvalue weighted by Crippen LogP contribution is 2.23. The average molecular weight is 501 g/mol. The SMILES string of the molecule is CC(=O)c1cccc(N(Cc2ccc(C(=O)NCCOc3ccccc3Cl)cc2)S(C)(=O)=O)c1. The highest BCUT2D eigenvalue weighted by Gasteiger charge is 2.19. The minimum absolute atomic E-state index is 0.0633. The van der Waals surface area contributed by atoms with Crippen LogP contribution in [0, 0.1) is 0 Å². The predicted octanol–water partition coefficient (Wildman–Crippen LogP) is 4.32. The fourth-order valence-corrected chi connectivity index (χ4v) is 4.27. The second-order valence-corrected chi connectivity index (χ2v) is 9.92. The molecule has 34 heavy (non-hydrogen) atoms. The Bertz CT molecular complexity index is 1280. The molecule has 0 aliphatic carbocycles. The molecule has 0 fully saturated rings. The van der Waals surface area contributed by atoms with E-state index in [9.17, 15) is 18.0 Å². The molecule has 0 spiro atoms. The zero-order valence-electron chi connectivity index (χ0n) is 18.8. The number of rotatable bonds is 10. The van der Waals surface area contributed by atoms with Gasteiger partial charge in [0.2, 0.25) is 10.0 Å². The van der Waals surface area contributed by atoms with Gasteiger partial charge in [0.15, 0.2) is 5.78 Å². The molecular formula is C25H25ClN2O5S. The summed E-state index contributed by atoms with van der Waals surface area (Å²) in [6.07, 6.45) is 1.11. The average Bonchev–Trinajstić information content (AvgIpc) is 2.81. The van der Waals surface area contributed by atoms with E-state index in [0.29, 0.717) is 39.7 Å². The van der Waals surface area contributed by atoms with Gasteiger partial charge in [-0.2, -0.15) is 0 Å². The van der Waals surface area contributed by atoms with E-state index in [1.807, 2.05) is 6.07 Å². The first-order valence-corrected chi connectivity index (χ1v) is 12.7. The van der Waals surface area contributed by atoms with Crippen LogP contribution in [0.15, 0.2) is 72.8 Å². The molecule has 3 rings (SSSR count). The zero-order chi connectivity index (χ0) is 24.7. The first-order chi connectivity index (χ1) is 16.1.